The van der Waals surface area contributed by atoms with Gasteiger partial charge in [0, 0.05) is 0 Å². The van der Waals surface area contributed by atoms with Crippen molar-refractivity contribution in [3.05, 3.63) is 54.0 Å². The van der Waals surface area contributed by atoms with Crippen molar-refractivity contribution in [3.8, 4) is 5.75 Å². The first-order valence-electron chi connectivity index (χ1n) is 6.36. The number of carbonyl (C=O) groups excluding carboxylic acids is 2. The van der Waals surface area contributed by atoms with Gasteiger partial charge in [-0.25, -0.2) is 4.79 Å². The van der Waals surface area contributed by atoms with E-state index in [1.165, 1.54) is 37.5 Å². The van der Waals surface area contributed by atoms with Crippen molar-refractivity contribution in [1.29, 1.82) is 0 Å². The number of nitrogens with one attached hydrogen (secondary N) is 1. The van der Waals surface area contributed by atoms with E-state index in [-0.39, 0.29) is 17.9 Å². The zero-order chi connectivity index (χ0) is 15.2. The first-order valence-corrected chi connectivity index (χ1v) is 6.36. The van der Waals surface area contributed by atoms with Crippen molar-refractivity contribution in [2.24, 2.45) is 0 Å². The van der Waals surface area contributed by atoms with E-state index in [4.69, 9.17) is 14.3 Å². The highest BCUT2D eigenvalue weighted by Gasteiger charge is 2.18. The van der Waals surface area contributed by atoms with Gasteiger partial charge in [0.05, 0.1) is 18.4 Å². The average molecular weight is 289 g/mol. The van der Waals surface area contributed by atoms with Gasteiger partial charge in [0.2, 0.25) is 0 Å². The molecule has 6 heteroatoms. The summed E-state index contributed by atoms with van der Waals surface area (Å²) >= 11 is 0. The van der Waals surface area contributed by atoms with Crippen molar-refractivity contribution in [1.82, 2.24) is 5.32 Å². The fourth-order valence-electron chi connectivity index (χ4n) is 1.61. The minimum Gasteiger partial charge on any atom is -0.508 e. The van der Waals surface area contributed by atoms with Gasteiger partial charge in [0.15, 0.2) is 6.10 Å². The summed E-state index contributed by atoms with van der Waals surface area (Å²) in [6.07, 6.45) is 0.580. The Morgan fingerprint density at radius 3 is 2.62 bits per heavy atom. The van der Waals surface area contributed by atoms with Crippen LogP contribution in [0.15, 0.2) is 47.1 Å². The van der Waals surface area contributed by atoms with Crippen LogP contribution in [0.25, 0.3) is 0 Å². The summed E-state index contributed by atoms with van der Waals surface area (Å²) < 4.78 is 10.1. The molecule has 0 saturated carbocycles. The van der Waals surface area contributed by atoms with Crippen LogP contribution >= 0.6 is 0 Å². The molecule has 2 rings (SSSR count). The molecule has 0 unspecified atom stereocenters. The van der Waals surface area contributed by atoms with E-state index >= 15 is 0 Å². The molecule has 2 N–H and O–H groups in total. The molecular weight excluding hydrogens is 274 g/mol. The maximum Gasteiger partial charge on any atom is 0.338 e. The number of phenolic OH excluding ortho intramolecular Hbond substituents is 1. The largest absolute Gasteiger partial charge is 0.508 e. The van der Waals surface area contributed by atoms with E-state index in [0.717, 1.165) is 0 Å². The van der Waals surface area contributed by atoms with Crippen LogP contribution in [-0.2, 0) is 16.1 Å². The average Bonchev–Trinajstić information content (AvgIpc) is 2.98. The van der Waals surface area contributed by atoms with Crippen LogP contribution in [0.4, 0.5) is 0 Å². The molecule has 0 aliphatic carbocycles. The van der Waals surface area contributed by atoms with Crippen LogP contribution < -0.4 is 5.32 Å². The smallest absolute Gasteiger partial charge is 0.338 e. The lowest BCUT2D eigenvalue weighted by Gasteiger charge is -2.13. The third kappa shape index (κ3) is 4.10. The maximum atomic E-state index is 11.8. The zero-order valence-electron chi connectivity index (χ0n) is 11.4. The van der Waals surface area contributed by atoms with Crippen molar-refractivity contribution in [2.75, 3.05) is 0 Å². The molecule has 0 saturated heterocycles. The fourth-order valence-corrected chi connectivity index (χ4v) is 1.61. The van der Waals surface area contributed by atoms with E-state index < -0.39 is 18.0 Å². The Balaban J connectivity index is 1.85. The van der Waals surface area contributed by atoms with Gasteiger partial charge in [-0.05, 0) is 43.3 Å². The molecule has 1 heterocycles. The van der Waals surface area contributed by atoms with Crippen LogP contribution in [0.1, 0.15) is 23.0 Å². The molecule has 1 amide bonds. The summed E-state index contributed by atoms with van der Waals surface area (Å²) in [5.74, 6) is -0.384. The summed E-state index contributed by atoms with van der Waals surface area (Å²) in [6, 6.07) is 9.04. The number of hydrogen-bond acceptors (Lipinski definition) is 5. The van der Waals surface area contributed by atoms with E-state index in [9.17, 15) is 9.59 Å². The molecule has 1 aromatic heterocycles. The van der Waals surface area contributed by atoms with Crippen LogP contribution in [0.2, 0.25) is 0 Å². The Kier molecular flexibility index (Phi) is 4.61. The van der Waals surface area contributed by atoms with Gasteiger partial charge in [0.25, 0.3) is 5.91 Å². The maximum absolute atomic E-state index is 11.8. The lowest BCUT2D eigenvalue weighted by Crippen LogP contribution is -2.35. The van der Waals surface area contributed by atoms with Crippen molar-refractivity contribution < 1.29 is 23.8 Å². The second-order valence-corrected chi connectivity index (χ2v) is 4.39. The van der Waals surface area contributed by atoms with Gasteiger partial charge < -0.3 is 19.6 Å². The first kappa shape index (κ1) is 14.6. The topological polar surface area (TPSA) is 88.8 Å². The van der Waals surface area contributed by atoms with Gasteiger partial charge >= 0.3 is 5.97 Å². The minimum absolute atomic E-state index is 0.0517. The van der Waals surface area contributed by atoms with Gasteiger partial charge in [0.1, 0.15) is 11.5 Å². The number of benzene rings is 1. The fraction of sp³-hybridized carbons (Fsp3) is 0.200. The summed E-state index contributed by atoms with van der Waals surface area (Å²) in [4.78, 5) is 23.6. The highest BCUT2D eigenvalue weighted by atomic mass is 16.5. The highest BCUT2D eigenvalue weighted by Crippen LogP contribution is 2.11. The van der Waals surface area contributed by atoms with E-state index in [2.05, 4.69) is 5.32 Å². The molecule has 0 bridgehead atoms. The summed E-state index contributed by atoms with van der Waals surface area (Å²) in [7, 11) is 0. The normalized spacial score (nSPS) is 11.7. The number of carbonyl (C=O) groups is 2. The SMILES string of the molecule is C[C@H](OC(=O)c1ccc(O)cc1)C(=O)NCc1ccco1. The molecule has 1 aromatic carbocycles. The molecule has 0 fully saturated rings. The number of hydrogen-bond donors (Lipinski definition) is 2. The molecule has 2 aromatic rings. The molecule has 6 nitrogen and oxygen atoms in total. The number of ether oxygens (including phenoxy) is 1. The number of amides is 1. The van der Waals surface area contributed by atoms with Crippen LogP contribution in [0.3, 0.4) is 0 Å². The molecule has 0 aliphatic rings. The molecule has 0 radical (unpaired) electrons. The molecule has 1 atom stereocenters. The lowest BCUT2D eigenvalue weighted by atomic mass is 10.2. The molecule has 0 aliphatic heterocycles. The van der Waals surface area contributed by atoms with Crippen molar-refractivity contribution >= 4 is 11.9 Å². The predicted molar refractivity (Wildman–Crippen MR) is 73.5 cm³/mol. The Bertz CT molecular complexity index is 604. The molecule has 110 valence electrons. The number of rotatable bonds is 5. The second kappa shape index (κ2) is 6.60. The third-order valence-electron chi connectivity index (χ3n) is 2.77. The second-order valence-electron chi connectivity index (χ2n) is 4.39. The Hall–Kier alpha value is -2.76. The van der Waals surface area contributed by atoms with E-state index in [1.54, 1.807) is 12.1 Å². The van der Waals surface area contributed by atoms with E-state index in [1.807, 2.05) is 0 Å². The Labute approximate surface area is 121 Å². The minimum atomic E-state index is -0.929. The van der Waals surface area contributed by atoms with Gasteiger partial charge in [-0.3, -0.25) is 4.79 Å². The molecular formula is C15H15NO5. The zero-order valence-corrected chi connectivity index (χ0v) is 11.4. The lowest BCUT2D eigenvalue weighted by molar-refractivity contribution is -0.129. The predicted octanol–water partition coefficient (Wildman–Crippen LogP) is 1.85. The number of aromatic hydroxyl groups is 1. The summed E-state index contributed by atoms with van der Waals surface area (Å²) in [5, 5.41) is 11.7. The number of phenols is 1. The van der Waals surface area contributed by atoms with Crippen LogP contribution in [0.5, 0.6) is 5.75 Å². The van der Waals surface area contributed by atoms with Crippen molar-refractivity contribution in [2.45, 2.75) is 19.6 Å². The monoisotopic (exact) mass is 289 g/mol. The summed E-state index contributed by atoms with van der Waals surface area (Å²) in [5.41, 5.74) is 0.262. The van der Waals surface area contributed by atoms with Crippen molar-refractivity contribution in [3.63, 3.8) is 0 Å². The number of furan rings is 1. The van der Waals surface area contributed by atoms with Gasteiger partial charge in [-0.2, -0.15) is 0 Å². The molecule has 21 heavy (non-hydrogen) atoms. The highest BCUT2D eigenvalue weighted by molar-refractivity contribution is 5.92. The first-order chi connectivity index (χ1) is 10.1. The quantitative estimate of drug-likeness (QED) is 0.820. The Morgan fingerprint density at radius 2 is 2.00 bits per heavy atom. The Morgan fingerprint density at radius 1 is 1.29 bits per heavy atom. The third-order valence-corrected chi connectivity index (χ3v) is 2.77. The van der Waals surface area contributed by atoms with E-state index in [0.29, 0.717) is 5.76 Å². The van der Waals surface area contributed by atoms with Gasteiger partial charge in [-0.1, -0.05) is 0 Å². The van der Waals surface area contributed by atoms with Gasteiger partial charge in [-0.15, -0.1) is 0 Å². The van der Waals surface area contributed by atoms with Crippen LogP contribution in [0, 0.1) is 0 Å². The standard InChI is InChI=1S/C15H15NO5/c1-10(14(18)16-9-13-3-2-8-20-13)21-15(19)11-4-6-12(17)7-5-11/h2-8,10,17H,9H2,1H3,(H,16,18)/t10-/m0/s1. The van der Waals surface area contributed by atoms with Crippen LogP contribution in [-0.4, -0.2) is 23.1 Å². The molecule has 0 spiro atoms. The number of esters is 1. The summed E-state index contributed by atoms with van der Waals surface area (Å²) in [6.45, 7) is 1.71.